The van der Waals surface area contributed by atoms with Crippen LogP contribution in [0.3, 0.4) is 0 Å². The molecule has 0 spiro atoms. The Balaban J connectivity index is 2.25. The molecule has 14 heavy (non-hydrogen) atoms. The Bertz CT molecular complexity index is 309. The van der Waals surface area contributed by atoms with Crippen LogP contribution in [0, 0.1) is 0 Å². The number of rotatable bonds is 5. The molecule has 0 saturated carbocycles. The summed E-state index contributed by atoms with van der Waals surface area (Å²) in [5.74, 6) is -0.780. The highest BCUT2D eigenvalue weighted by Gasteiger charge is 1.93. The van der Waals surface area contributed by atoms with Crippen molar-refractivity contribution in [1.29, 1.82) is 0 Å². The molecule has 0 saturated heterocycles. The van der Waals surface area contributed by atoms with Gasteiger partial charge in [-0.1, -0.05) is 6.07 Å². The van der Waals surface area contributed by atoms with Crippen molar-refractivity contribution in [3.63, 3.8) is 0 Å². The van der Waals surface area contributed by atoms with Crippen molar-refractivity contribution in [2.45, 2.75) is 12.8 Å². The van der Waals surface area contributed by atoms with Gasteiger partial charge in [0.05, 0.1) is 5.69 Å². The van der Waals surface area contributed by atoms with Crippen LogP contribution in [0.25, 0.3) is 0 Å². The second-order valence-electron chi connectivity index (χ2n) is 2.79. The molecule has 0 aromatic carbocycles. The van der Waals surface area contributed by atoms with Crippen molar-refractivity contribution in [2.75, 3.05) is 6.54 Å². The van der Waals surface area contributed by atoms with E-state index in [1.54, 1.807) is 12.4 Å². The number of carboxylic acid groups (broad SMARTS) is 1. The largest absolute Gasteiger partial charge is 0.481 e. The fourth-order valence-electron chi connectivity index (χ4n) is 0.932. The Hall–Kier alpha value is -1.71. The van der Waals surface area contributed by atoms with Gasteiger partial charge in [0, 0.05) is 25.4 Å². The molecule has 1 aromatic heterocycles. The lowest BCUT2D eigenvalue weighted by Crippen LogP contribution is -1.95. The third-order valence-electron chi connectivity index (χ3n) is 1.59. The van der Waals surface area contributed by atoms with Gasteiger partial charge in [0.2, 0.25) is 0 Å². The minimum atomic E-state index is -0.780. The van der Waals surface area contributed by atoms with E-state index in [2.05, 4.69) is 9.98 Å². The molecule has 0 aliphatic carbocycles. The third-order valence-corrected chi connectivity index (χ3v) is 1.59. The molecule has 0 aliphatic rings. The normalized spacial score (nSPS) is 10.6. The van der Waals surface area contributed by atoms with E-state index < -0.39 is 5.97 Å². The summed E-state index contributed by atoms with van der Waals surface area (Å²) in [7, 11) is 0. The molecule has 1 N–H and O–H groups in total. The molecule has 1 rings (SSSR count). The Morgan fingerprint density at radius 3 is 3.07 bits per heavy atom. The summed E-state index contributed by atoms with van der Waals surface area (Å²) in [5.41, 5.74) is 0.794. The van der Waals surface area contributed by atoms with Crippen molar-refractivity contribution in [1.82, 2.24) is 4.98 Å². The molecule has 1 heterocycles. The Kier molecular flexibility index (Phi) is 4.34. The molecule has 0 atom stereocenters. The minimum Gasteiger partial charge on any atom is -0.481 e. The van der Waals surface area contributed by atoms with Crippen molar-refractivity contribution in [3.8, 4) is 0 Å². The van der Waals surface area contributed by atoms with Crippen LogP contribution in [0.4, 0.5) is 0 Å². The Morgan fingerprint density at radius 2 is 2.43 bits per heavy atom. The number of aromatic nitrogens is 1. The van der Waals surface area contributed by atoms with Crippen molar-refractivity contribution < 1.29 is 9.90 Å². The summed E-state index contributed by atoms with van der Waals surface area (Å²) < 4.78 is 0. The molecule has 4 heteroatoms. The van der Waals surface area contributed by atoms with Gasteiger partial charge in [0.25, 0.3) is 0 Å². The quantitative estimate of drug-likeness (QED) is 0.566. The van der Waals surface area contributed by atoms with E-state index in [1.807, 2.05) is 18.2 Å². The maximum absolute atomic E-state index is 10.2. The van der Waals surface area contributed by atoms with Crippen LogP contribution in [-0.2, 0) is 4.79 Å². The summed E-state index contributed by atoms with van der Waals surface area (Å²) in [4.78, 5) is 18.3. The lowest BCUT2D eigenvalue weighted by molar-refractivity contribution is -0.137. The summed E-state index contributed by atoms with van der Waals surface area (Å²) in [6.45, 7) is 0.531. The van der Waals surface area contributed by atoms with Crippen LogP contribution >= 0.6 is 0 Å². The van der Waals surface area contributed by atoms with Gasteiger partial charge in [0.1, 0.15) is 0 Å². The van der Waals surface area contributed by atoms with E-state index in [0.717, 1.165) is 5.69 Å². The molecule has 0 amide bonds. The van der Waals surface area contributed by atoms with Gasteiger partial charge in [-0.3, -0.25) is 14.8 Å². The average molecular weight is 192 g/mol. The topological polar surface area (TPSA) is 62.5 Å². The van der Waals surface area contributed by atoms with Crippen molar-refractivity contribution >= 4 is 12.2 Å². The van der Waals surface area contributed by atoms with Crippen LogP contribution in [0.15, 0.2) is 29.4 Å². The third kappa shape index (κ3) is 4.35. The predicted octanol–water partition coefficient (Wildman–Crippen LogP) is 1.37. The first kappa shape index (κ1) is 10.4. The first-order chi connectivity index (χ1) is 6.79. The van der Waals surface area contributed by atoms with Gasteiger partial charge in [0.15, 0.2) is 0 Å². The van der Waals surface area contributed by atoms with Gasteiger partial charge in [-0.25, -0.2) is 0 Å². The van der Waals surface area contributed by atoms with Crippen LogP contribution in [-0.4, -0.2) is 28.8 Å². The molecule has 74 valence electrons. The molecular weight excluding hydrogens is 180 g/mol. The van der Waals surface area contributed by atoms with Crippen LogP contribution in [0.2, 0.25) is 0 Å². The first-order valence-corrected chi connectivity index (χ1v) is 4.41. The molecular formula is C10H12N2O2. The summed E-state index contributed by atoms with van der Waals surface area (Å²) in [6, 6.07) is 5.56. The van der Waals surface area contributed by atoms with Gasteiger partial charge in [-0.2, -0.15) is 0 Å². The van der Waals surface area contributed by atoms with E-state index >= 15 is 0 Å². The van der Waals surface area contributed by atoms with Gasteiger partial charge >= 0.3 is 5.97 Å². The number of hydrogen-bond acceptors (Lipinski definition) is 3. The molecule has 0 unspecified atom stereocenters. The number of nitrogens with zero attached hydrogens (tertiary/aromatic N) is 2. The number of aliphatic imine (C=N–C) groups is 1. The maximum Gasteiger partial charge on any atom is 0.303 e. The summed E-state index contributed by atoms with van der Waals surface area (Å²) in [6.07, 6.45) is 4.08. The number of pyridine rings is 1. The highest BCUT2D eigenvalue weighted by molar-refractivity contribution is 5.76. The maximum atomic E-state index is 10.2. The zero-order valence-corrected chi connectivity index (χ0v) is 7.76. The summed E-state index contributed by atoms with van der Waals surface area (Å²) >= 11 is 0. The molecule has 0 fully saturated rings. The standard InChI is InChI=1S/C10H12N2O2/c13-10(14)5-3-6-11-8-9-4-1-2-7-12-9/h1-2,4,7-8H,3,5-6H2,(H,13,14). The zero-order valence-electron chi connectivity index (χ0n) is 7.76. The molecule has 0 bridgehead atoms. The predicted molar refractivity (Wildman–Crippen MR) is 53.6 cm³/mol. The summed E-state index contributed by atoms with van der Waals surface area (Å²) in [5, 5.41) is 8.37. The monoisotopic (exact) mass is 192 g/mol. The second kappa shape index (κ2) is 5.85. The molecule has 4 nitrogen and oxygen atoms in total. The molecule has 0 radical (unpaired) electrons. The van der Waals surface area contributed by atoms with Crippen LogP contribution in [0.1, 0.15) is 18.5 Å². The number of carboxylic acids is 1. The highest BCUT2D eigenvalue weighted by atomic mass is 16.4. The van der Waals surface area contributed by atoms with Crippen LogP contribution < -0.4 is 0 Å². The fourth-order valence-corrected chi connectivity index (χ4v) is 0.932. The highest BCUT2D eigenvalue weighted by Crippen LogP contribution is 1.91. The first-order valence-electron chi connectivity index (χ1n) is 4.41. The minimum absolute atomic E-state index is 0.166. The molecule has 0 aliphatic heterocycles. The number of hydrogen-bond donors (Lipinski definition) is 1. The zero-order chi connectivity index (χ0) is 10.2. The van der Waals surface area contributed by atoms with E-state index in [0.29, 0.717) is 13.0 Å². The van der Waals surface area contributed by atoms with Crippen molar-refractivity contribution in [3.05, 3.63) is 30.1 Å². The number of carbonyl (C=O) groups is 1. The van der Waals surface area contributed by atoms with E-state index in [4.69, 9.17) is 5.11 Å². The average Bonchev–Trinajstić information content (AvgIpc) is 2.18. The van der Waals surface area contributed by atoms with Gasteiger partial charge < -0.3 is 5.11 Å². The fraction of sp³-hybridized carbons (Fsp3) is 0.300. The van der Waals surface area contributed by atoms with E-state index in [1.165, 1.54) is 0 Å². The lowest BCUT2D eigenvalue weighted by atomic mass is 10.3. The lowest BCUT2D eigenvalue weighted by Gasteiger charge is -1.91. The van der Waals surface area contributed by atoms with Crippen molar-refractivity contribution in [2.24, 2.45) is 4.99 Å². The Morgan fingerprint density at radius 1 is 1.57 bits per heavy atom. The van der Waals surface area contributed by atoms with E-state index in [9.17, 15) is 4.79 Å². The molecule has 1 aromatic rings. The SMILES string of the molecule is O=C(O)CCCN=Cc1ccccn1. The number of aliphatic carboxylic acids is 1. The Labute approximate surface area is 82.3 Å². The second-order valence-corrected chi connectivity index (χ2v) is 2.79. The van der Waals surface area contributed by atoms with E-state index in [-0.39, 0.29) is 6.42 Å². The van der Waals surface area contributed by atoms with Gasteiger partial charge in [-0.05, 0) is 18.6 Å². The smallest absolute Gasteiger partial charge is 0.303 e. The van der Waals surface area contributed by atoms with Crippen LogP contribution in [0.5, 0.6) is 0 Å². The van der Waals surface area contributed by atoms with Gasteiger partial charge in [-0.15, -0.1) is 0 Å².